The number of nitrogens with one attached hydrogen (secondary N) is 1. The number of rotatable bonds is 8. The summed E-state index contributed by atoms with van der Waals surface area (Å²) in [5.41, 5.74) is 0.659. The van der Waals surface area contributed by atoms with Gasteiger partial charge in [-0.25, -0.2) is 13.7 Å². The molecule has 3 aromatic rings. The molecule has 2 heterocycles. The van der Waals surface area contributed by atoms with E-state index in [0.717, 1.165) is 0 Å². The van der Waals surface area contributed by atoms with Crippen molar-refractivity contribution in [2.45, 2.75) is 13.0 Å². The normalized spacial score (nSPS) is 12.1. The first-order chi connectivity index (χ1) is 13.0. The second-order valence-electron chi connectivity index (χ2n) is 5.79. The summed E-state index contributed by atoms with van der Waals surface area (Å²) in [5.74, 6) is -0.832. The van der Waals surface area contributed by atoms with Crippen LogP contribution in [-0.2, 0) is 0 Å². The molecule has 0 amide bonds. The van der Waals surface area contributed by atoms with Crippen molar-refractivity contribution >= 4 is 11.6 Å². The van der Waals surface area contributed by atoms with Gasteiger partial charge in [0, 0.05) is 24.4 Å². The predicted octanol–water partition coefficient (Wildman–Crippen LogP) is 2.30. The minimum atomic E-state index is -1.13. The van der Waals surface area contributed by atoms with E-state index in [0.29, 0.717) is 24.5 Å². The van der Waals surface area contributed by atoms with E-state index in [-0.39, 0.29) is 17.1 Å². The first-order valence-electron chi connectivity index (χ1n) is 8.30. The highest BCUT2D eigenvalue weighted by Crippen LogP contribution is 2.29. The highest BCUT2D eigenvalue weighted by atomic mass is 19.1. The van der Waals surface area contributed by atoms with Crippen LogP contribution in [0.4, 0.5) is 4.39 Å². The Morgan fingerprint density at radius 2 is 2.22 bits per heavy atom. The number of carbonyl (C=O) groups is 1. The Morgan fingerprint density at radius 3 is 2.96 bits per heavy atom. The second kappa shape index (κ2) is 8.00. The van der Waals surface area contributed by atoms with Gasteiger partial charge in [-0.2, -0.15) is 10.1 Å². The number of likely N-dealkylation sites (N-methyl/N-ethyl adjacent to an activating group) is 1. The van der Waals surface area contributed by atoms with E-state index in [2.05, 4.69) is 15.4 Å². The Hall–Kier alpha value is -3.20. The third-order valence-corrected chi connectivity index (χ3v) is 3.89. The molecule has 3 rings (SSSR count). The summed E-state index contributed by atoms with van der Waals surface area (Å²) >= 11 is 0. The summed E-state index contributed by atoms with van der Waals surface area (Å²) in [4.78, 5) is 15.4. The number of hydrogen-bond donors (Lipinski definition) is 2. The molecule has 0 saturated heterocycles. The average Bonchev–Trinajstić information content (AvgIpc) is 3.06. The minimum absolute atomic E-state index is 0.0325. The van der Waals surface area contributed by atoms with Gasteiger partial charge in [0.2, 0.25) is 5.88 Å². The van der Waals surface area contributed by atoms with Gasteiger partial charge in [-0.15, -0.1) is 0 Å². The fraction of sp³-hybridized carbons (Fsp3) is 0.278. The Morgan fingerprint density at radius 1 is 1.41 bits per heavy atom. The van der Waals surface area contributed by atoms with Crippen molar-refractivity contribution in [2.75, 3.05) is 20.2 Å². The topological polar surface area (TPSA) is 98.0 Å². The molecule has 27 heavy (non-hydrogen) atoms. The lowest BCUT2D eigenvalue weighted by Gasteiger charge is -2.18. The molecule has 2 aromatic heterocycles. The fourth-order valence-electron chi connectivity index (χ4n) is 2.54. The van der Waals surface area contributed by atoms with Crippen LogP contribution >= 0.6 is 0 Å². The van der Waals surface area contributed by atoms with Gasteiger partial charge in [-0.3, -0.25) is 0 Å². The second-order valence-corrected chi connectivity index (χ2v) is 5.79. The summed E-state index contributed by atoms with van der Waals surface area (Å²) < 4.78 is 26.6. The average molecular weight is 374 g/mol. The number of halogens is 1. The zero-order chi connectivity index (χ0) is 19.4. The molecule has 0 aliphatic heterocycles. The van der Waals surface area contributed by atoms with E-state index in [1.807, 2.05) is 7.05 Å². The van der Waals surface area contributed by atoms with Crippen molar-refractivity contribution < 1.29 is 23.8 Å². The molecule has 0 bridgehead atoms. The lowest BCUT2D eigenvalue weighted by molar-refractivity contribution is 0.0698. The molecule has 2 N–H and O–H groups in total. The Labute approximate surface area is 154 Å². The predicted molar refractivity (Wildman–Crippen MR) is 94.8 cm³/mol. The van der Waals surface area contributed by atoms with E-state index < -0.39 is 17.9 Å². The van der Waals surface area contributed by atoms with E-state index in [1.165, 1.54) is 22.8 Å². The third kappa shape index (κ3) is 4.14. The zero-order valence-electron chi connectivity index (χ0n) is 14.8. The van der Waals surface area contributed by atoms with Crippen molar-refractivity contribution in [2.24, 2.45) is 0 Å². The minimum Gasteiger partial charge on any atom is -0.492 e. The van der Waals surface area contributed by atoms with Gasteiger partial charge in [0.05, 0.1) is 6.20 Å². The smallest absolute Gasteiger partial charge is 0.341 e. The van der Waals surface area contributed by atoms with Gasteiger partial charge in [-0.1, -0.05) is 0 Å². The van der Waals surface area contributed by atoms with E-state index in [9.17, 15) is 14.3 Å². The van der Waals surface area contributed by atoms with Crippen LogP contribution in [0.25, 0.3) is 5.65 Å². The molecule has 1 atom stereocenters. The molecule has 0 spiro atoms. The van der Waals surface area contributed by atoms with E-state index in [4.69, 9.17) is 9.47 Å². The summed E-state index contributed by atoms with van der Waals surface area (Å²) in [6.45, 7) is 2.80. The van der Waals surface area contributed by atoms with Gasteiger partial charge < -0.3 is 19.9 Å². The van der Waals surface area contributed by atoms with E-state index in [1.54, 1.807) is 25.3 Å². The zero-order valence-corrected chi connectivity index (χ0v) is 14.8. The number of aromatic carboxylic acids is 1. The molecule has 8 nitrogen and oxygen atoms in total. The van der Waals surface area contributed by atoms with Gasteiger partial charge in [0.25, 0.3) is 0 Å². The molecule has 0 aliphatic rings. The quantitative estimate of drug-likeness (QED) is 0.584. The lowest BCUT2D eigenvalue weighted by Crippen LogP contribution is -2.17. The first kappa shape index (κ1) is 18.6. The van der Waals surface area contributed by atoms with Crippen LogP contribution in [0.2, 0.25) is 0 Å². The van der Waals surface area contributed by atoms with Crippen LogP contribution in [0.3, 0.4) is 0 Å². The van der Waals surface area contributed by atoms with E-state index >= 15 is 0 Å². The lowest BCUT2D eigenvalue weighted by atomic mass is 10.1. The number of hydrogen-bond acceptors (Lipinski definition) is 6. The highest BCUT2D eigenvalue weighted by Gasteiger charge is 2.18. The highest BCUT2D eigenvalue weighted by molar-refractivity contribution is 5.94. The monoisotopic (exact) mass is 374 g/mol. The van der Waals surface area contributed by atoms with Crippen LogP contribution in [-0.4, -0.2) is 45.9 Å². The number of benzene rings is 1. The molecular weight excluding hydrogens is 355 g/mol. The molecular formula is C18H19FN4O4. The molecule has 0 saturated carbocycles. The number of fused-ring (bicyclic) bond motifs is 1. The number of aromatic nitrogens is 3. The number of nitrogens with zero attached hydrogens (tertiary/aromatic N) is 3. The Bertz CT molecular complexity index is 960. The first-order valence-corrected chi connectivity index (χ1v) is 8.30. The van der Waals surface area contributed by atoms with Gasteiger partial charge in [0.15, 0.2) is 5.65 Å². The number of carboxylic acids is 1. The molecule has 1 unspecified atom stereocenters. The summed E-state index contributed by atoms with van der Waals surface area (Å²) in [6.07, 6.45) is 2.20. The number of carboxylic acid groups (broad SMARTS) is 1. The van der Waals surface area contributed by atoms with Crippen molar-refractivity contribution in [1.29, 1.82) is 0 Å². The van der Waals surface area contributed by atoms with Gasteiger partial charge in [-0.05, 0) is 32.2 Å². The largest absolute Gasteiger partial charge is 0.492 e. The molecule has 0 aliphatic carbocycles. The summed E-state index contributed by atoms with van der Waals surface area (Å²) in [5, 5.41) is 16.1. The maximum Gasteiger partial charge on any atom is 0.341 e. The van der Waals surface area contributed by atoms with Crippen molar-refractivity contribution in [3.05, 3.63) is 53.6 Å². The molecule has 0 fully saturated rings. The Kier molecular flexibility index (Phi) is 5.51. The van der Waals surface area contributed by atoms with Crippen LogP contribution < -0.4 is 14.8 Å². The van der Waals surface area contributed by atoms with Gasteiger partial charge in [0.1, 0.15) is 29.8 Å². The van der Waals surface area contributed by atoms with Crippen molar-refractivity contribution in [1.82, 2.24) is 19.9 Å². The maximum atomic E-state index is 13.7. The Balaban J connectivity index is 1.85. The number of ether oxygens (including phenoxy) is 2. The third-order valence-electron chi connectivity index (χ3n) is 3.89. The molecule has 9 heteroatoms. The fourth-order valence-corrected chi connectivity index (χ4v) is 2.54. The summed E-state index contributed by atoms with van der Waals surface area (Å²) in [7, 11) is 1.81. The molecule has 1 aromatic carbocycles. The van der Waals surface area contributed by atoms with Crippen LogP contribution in [0.5, 0.6) is 11.6 Å². The SMILES string of the molecule is CNCCOc1ccc(F)cc1C(C)Oc1ccn2ncc(C(=O)O)c2n1. The van der Waals surface area contributed by atoms with Crippen LogP contribution in [0, 0.1) is 5.82 Å². The van der Waals surface area contributed by atoms with Crippen LogP contribution in [0.1, 0.15) is 28.9 Å². The summed E-state index contributed by atoms with van der Waals surface area (Å²) in [6, 6.07) is 5.78. The van der Waals surface area contributed by atoms with Crippen molar-refractivity contribution in [3.63, 3.8) is 0 Å². The standard InChI is InChI=1S/C18H19FN4O4/c1-11(13-9-12(19)3-4-15(13)26-8-6-20-2)27-16-5-7-23-17(22-16)14(10-21-23)18(24)25/h3-5,7,9-11,20H,6,8H2,1-2H3,(H,24,25). The maximum absolute atomic E-state index is 13.7. The molecule has 0 radical (unpaired) electrons. The van der Waals surface area contributed by atoms with Crippen LogP contribution in [0.15, 0.2) is 36.7 Å². The molecule has 142 valence electrons. The van der Waals surface area contributed by atoms with Gasteiger partial charge >= 0.3 is 5.97 Å². The van der Waals surface area contributed by atoms with Crippen molar-refractivity contribution in [3.8, 4) is 11.6 Å².